The van der Waals surface area contributed by atoms with Crippen molar-refractivity contribution in [3.05, 3.63) is 28.9 Å². The first kappa shape index (κ1) is 13.7. The van der Waals surface area contributed by atoms with Crippen molar-refractivity contribution in [2.75, 3.05) is 12.4 Å². The van der Waals surface area contributed by atoms with Crippen molar-refractivity contribution in [3.8, 4) is 5.88 Å². The Bertz CT molecular complexity index is 624. The molecule has 2 aromatic rings. The molecule has 2 amide bonds. The van der Waals surface area contributed by atoms with E-state index in [9.17, 15) is 4.79 Å². The van der Waals surface area contributed by atoms with Crippen molar-refractivity contribution in [3.63, 3.8) is 0 Å². The van der Waals surface area contributed by atoms with Gasteiger partial charge in [0, 0.05) is 24.7 Å². The van der Waals surface area contributed by atoms with E-state index in [1.807, 2.05) is 6.07 Å². The maximum atomic E-state index is 11.8. The highest BCUT2D eigenvalue weighted by molar-refractivity contribution is 7.15. The lowest BCUT2D eigenvalue weighted by Crippen LogP contribution is -2.28. The summed E-state index contributed by atoms with van der Waals surface area (Å²) in [7, 11) is 1.56. The van der Waals surface area contributed by atoms with Gasteiger partial charge in [-0.15, -0.1) is 10.2 Å². The van der Waals surface area contributed by atoms with Gasteiger partial charge in [0.2, 0.25) is 11.0 Å². The van der Waals surface area contributed by atoms with E-state index < -0.39 is 0 Å². The number of ether oxygens (including phenoxy) is 1. The lowest BCUT2D eigenvalue weighted by Gasteiger charge is -2.05. The van der Waals surface area contributed by atoms with Gasteiger partial charge in [-0.2, -0.15) is 0 Å². The van der Waals surface area contributed by atoms with E-state index in [-0.39, 0.29) is 6.03 Å². The van der Waals surface area contributed by atoms with Crippen molar-refractivity contribution in [1.82, 2.24) is 20.5 Å². The van der Waals surface area contributed by atoms with Crippen molar-refractivity contribution in [1.29, 1.82) is 0 Å². The lowest BCUT2D eigenvalue weighted by atomic mass is 10.3. The average molecular weight is 305 g/mol. The molecule has 21 heavy (non-hydrogen) atoms. The van der Waals surface area contributed by atoms with Crippen molar-refractivity contribution in [2.24, 2.45) is 0 Å². The molecule has 0 unspecified atom stereocenters. The van der Waals surface area contributed by atoms with E-state index in [0.717, 1.165) is 10.6 Å². The van der Waals surface area contributed by atoms with Crippen LogP contribution in [0.15, 0.2) is 18.3 Å². The quantitative estimate of drug-likeness (QED) is 0.883. The van der Waals surface area contributed by atoms with Gasteiger partial charge in [-0.1, -0.05) is 17.4 Å². The standard InChI is InChI=1S/C13H15N5O2S/c1-20-10-5-2-8(6-14-10)7-15-12(19)16-13-18-17-11(21-13)9-3-4-9/h2,5-6,9H,3-4,7H2,1H3,(H2,15,16,18,19). The molecule has 1 aliphatic carbocycles. The second-order valence-corrected chi connectivity index (χ2v) is 5.75. The zero-order chi connectivity index (χ0) is 14.7. The molecule has 1 aliphatic rings. The normalized spacial score (nSPS) is 13.8. The van der Waals surface area contributed by atoms with Gasteiger partial charge < -0.3 is 10.1 Å². The van der Waals surface area contributed by atoms with Crippen molar-refractivity contribution in [2.45, 2.75) is 25.3 Å². The molecular weight excluding hydrogens is 290 g/mol. The van der Waals surface area contributed by atoms with Crippen LogP contribution in [0.5, 0.6) is 5.88 Å². The molecule has 2 heterocycles. The first-order valence-electron chi connectivity index (χ1n) is 6.62. The molecule has 0 aromatic carbocycles. The van der Waals surface area contributed by atoms with Crippen molar-refractivity contribution < 1.29 is 9.53 Å². The van der Waals surface area contributed by atoms with Crippen molar-refractivity contribution >= 4 is 22.5 Å². The van der Waals surface area contributed by atoms with E-state index in [1.165, 1.54) is 24.2 Å². The van der Waals surface area contributed by atoms with Gasteiger partial charge in [-0.25, -0.2) is 9.78 Å². The molecule has 0 saturated heterocycles. The van der Waals surface area contributed by atoms with Crippen LogP contribution in [0.25, 0.3) is 0 Å². The maximum absolute atomic E-state index is 11.8. The van der Waals surface area contributed by atoms with Gasteiger partial charge >= 0.3 is 6.03 Å². The fourth-order valence-electron chi connectivity index (χ4n) is 1.74. The Balaban J connectivity index is 1.48. The van der Waals surface area contributed by atoms with Gasteiger partial charge in [0.15, 0.2) is 0 Å². The zero-order valence-electron chi connectivity index (χ0n) is 11.5. The Morgan fingerprint density at radius 2 is 2.29 bits per heavy atom. The number of rotatable bonds is 5. The van der Waals surface area contributed by atoms with Crippen LogP contribution < -0.4 is 15.4 Å². The van der Waals surface area contributed by atoms with E-state index >= 15 is 0 Å². The van der Waals surface area contributed by atoms with Crippen LogP contribution in [-0.2, 0) is 6.54 Å². The molecular formula is C13H15N5O2S. The summed E-state index contributed by atoms with van der Waals surface area (Å²) < 4.78 is 4.98. The van der Waals surface area contributed by atoms with E-state index in [1.54, 1.807) is 19.4 Å². The Labute approximate surface area is 125 Å². The average Bonchev–Trinajstić information content (AvgIpc) is 3.26. The first-order chi connectivity index (χ1) is 10.2. The van der Waals surface area contributed by atoms with E-state index in [0.29, 0.717) is 23.5 Å². The third-order valence-corrected chi connectivity index (χ3v) is 4.05. The van der Waals surface area contributed by atoms with Gasteiger partial charge in [-0.05, 0) is 18.4 Å². The Morgan fingerprint density at radius 3 is 2.95 bits per heavy atom. The highest BCUT2D eigenvalue weighted by Crippen LogP contribution is 2.41. The largest absolute Gasteiger partial charge is 0.481 e. The van der Waals surface area contributed by atoms with Gasteiger partial charge in [0.05, 0.1) is 7.11 Å². The molecule has 110 valence electrons. The zero-order valence-corrected chi connectivity index (χ0v) is 12.3. The number of amides is 2. The van der Waals surface area contributed by atoms with Crippen LogP contribution in [0.3, 0.4) is 0 Å². The summed E-state index contributed by atoms with van der Waals surface area (Å²) in [5, 5.41) is 15.0. The second-order valence-electron chi connectivity index (χ2n) is 4.74. The summed E-state index contributed by atoms with van der Waals surface area (Å²) in [6, 6.07) is 3.30. The van der Waals surface area contributed by atoms with Gasteiger partial charge in [0.1, 0.15) is 5.01 Å². The minimum absolute atomic E-state index is 0.302. The van der Waals surface area contributed by atoms with Crippen LogP contribution >= 0.6 is 11.3 Å². The number of hydrogen-bond acceptors (Lipinski definition) is 6. The molecule has 2 N–H and O–H groups in total. The number of carbonyl (C=O) groups excluding carboxylic acids is 1. The maximum Gasteiger partial charge on any atom is 0.321 e. The van der Waals surface area contributed by atoms with Gasteiger partial charge in [0.25, 0.3) is 0 Å². The number of urea groups is 1. The number of carbonyl (C=O) groups is 1. The summed E-state index contributed by atoms with van der Waals surface area (Å²) in [6.45, 7) is 0.386. The van der Waals surface area contributed by atoms with Gasteiger partial charge in [-0.3, -0.25) is 5.32 Å². The molecule has 7 nitrogen and oxygen atoms in total. The van der Waals surface area contributed by atoms with Crippen LogP contribution in [0.1, 0.15) is 29.3 Å². The molecule has 0 bridgehead atoms. The summed E-state index contributed by atoms with van der Waals surface area (Å²) in [4.78, 5) is 15.8. The SMILES string of the molecule is COc1ccc(CNC(=O)Nc2nnc(C3CC3)s2)cn1. The second kappa shape index (κ2) is 6.04. The fraction of sp³-hybridized carbons (Fsp3) is 0.385. The summed E-state index contributed by atoms with van der Waals surface area (Å²) in [6.07, 6.45) is 4.01. The molecule has 0 radical (unpaired) electrons. The molecule has 0 atom stereocenters. The smallest absolute Gasteiger partial charge is 0.321 e. The highest BCUT2D eigenvalue weighted by Gasteiger charge is 2.27. The van der Waals surface area contributed by atoms with E-state index in [4.69, 9.17) is 4.74 Å². The molecule has 2 aromatic heterocycles. The Kier molecular flexibility index (Phi) is 3.96. The lowest BCUT2D eigenvalue weighted by molar-refractivity contribution is 0.251. The third-order valence-electron chi connectivity index (χ3n) is 3.05. The predicted octanol–water partition coefficient (Wildman–Crippen LogP) is 2.14. The number of nitrogens with zero attached hydrogens (tertiary/aromatic N) is 3. The third kappa shape index (κ3) is 3.66. The number of methoxy groups -OCH3 is 1. The summed E-state index contributed by atoms with van der Waals surface area (Å²) in [5.74, 6) is 1.09. The van der Waals surface area contributed by atoms with Crippen LogP contribution in [-0.4, -0.2) is 28.3 Å². The van der Waals surface area contributed by atoms with E-state index in [2.05, 4.69) is 25.8 Å². The molecule has 1 fully saturated rings. The first-order valence-corrected chi connectivity index (χ1v) is 7.43. The topological polar surface area (TPSA) is 89.0 Å². The fourth-order valence-corrected chi connectivity index (χ4v) is 2.65. The summed E-state index contributed by atoms with van der Waals surface area (Å²) >= 11 is 1.44. The minimum atomic E-state index is -0.302. The Morgan fingerprint density at radius 1 is 1.43 bits per heavy atom. The molecule has 8 heteroatoms. The van der Waals surface area contributed by atoms with Crippen LogP contribution in [0.4, 0.5) is 9.93 Å². The minimum Gasteiger partial charge on any atom is -0.481 e. The number of anilines is 1. The Hall–Kier alpha value is -2.22. The number of pyridine rings is 1. The van der Waals surface area contributed by atoms with Crippen LogP contribution in [0.2, 0.25) is 0 Å². The predicted molar refractivity (Wildman–Crippen MR) is 78.5 cm³/mol. The number of aromatic nitrogens is 3. The molecule has 1 saturated carbocycles. The highest BCUT2D eigenvalue weighted by atomic mass is 32.1. The number of nitrogens with one attached hydrogen (secondary N) is 2. The summed E-state index contributed by atoms with van der Waals surface area (Å²) in [5.41, 5.74) is 0.891. The molecule has 0 spiro atoms. The van der Waals surface area contributed by atoms with Crippen LogP contribution in [0, 0.1) is 0 Å². The molecule has 3 rings (SSSR count). The number of hydrogen-bond donors (Lipinski definition) is 2. The monoisotopic (exact) mass is 305 g/mol. The molecule has 0 aliphatic heterocycles.